The lowest BCUT2D eigenvalue weighted by Crippen LogP contribution is -2.51. The van der Waals surface area contributed by atoms with Gasteiger partial charge in [0.15, 0.2) is 5.96 Å². The van der Waals surface area contributed by atoms with Gasteiger partial charge in [-0.25, -0.2) is 4.98 Å². The molecule has 1 aromatic heterocycles. The third-order valence-corrected chi connectivity index (χ3v) is 5.70. The van der Waals surface area contributed by atoms with E-state index in [0.29, 0.717) is 0 Å². The van der Waals surface area contributed by atoms with Gasteiger partial charge >= 0.3 is 0 Å². The Morgan fingerprint density at radius 1 is 1.36 bits per heavy atom. The number of nitrogens with one attached hydrogen (secondary N) is 1. The van der Waals surface area contributed by atoms with Gasteiger partial charge in [-0.05, 0) is 32.9 Å². The quantitative estimate of drug-likeness (QED) is 0.422. The number of hydrogen-bond donors (Lipinski definition) is 1. The van der Waals surface area contributed by atoms with Crippen molar-refractivity contribution in [2.24, 2.45) is 4.99 Å². The number of aryl methyl sites for hydroxylation is 1. The summed E-state index contributed by atoms with van der Waals surface area (Å²) in [6, 6.07) is 8.31. The van der Waals surface area contributed by atoms with Gasteiger partial charge in [-0.15, -0.1) is 24.0 Å². The van der Waals surface area contributed by atoms with Crippen LogP contribution in [0.25, 0.3) is 11.0 Å². The molecule has 2 heterocycles. The van der Waals surface area contributed by atoms with Gasteiger partial charge in [0.2, 0.25) is 0 Å². The van der Waals surface area contributed by atoms with Crippen molar-refractivity contribution in [3.63, 3.8) is 0 Å². The van der Waals surface area contributed by atoms with Crippen molar-refractivity contribution >= 4 is 52.7 Å². The molecular weight excluding hydrogens is 445 g/mol. The molecule has 0 unspecified atom stereocenters. The van der Waals surface area contributed by atoms with Crippen molar-refractivity contribution < 1.29 is 0 Å². The molecular formula is C18H28IN5S. The number of aromatic nitrogens is 2. The highest BCUT2D eigenvalue weighted by Crippen LogP contribution is 2.29. The molecule has 1 aliphatic heterocycles. The minimum absolute atomic E-state index is 0. The van der Waals surface area contributed by atoms with Gasteiger partial charge in [0.05, 0.1) is 11.0 Å². The summed E-state index contributed by atoms with van der Waals surface area (Å²) in [6.07, 6.45) is 0. The highest BCUT2D eigenvalue weighted by molar-refractivity contribution is 14.0. The van der Waals surface area contributed by atoms with Gasteiger partial charge in [0.1, 0.15) is 5.82 Å². The van der Waals surface area contributed by atoms with Crippen LogP contribution < -0.4 is 5.32 Å². The molecule has 0 atom stereocenters. The number of rotatable bonds is 3. The largest absolute Gasteiger partial charge is 0.354 e. The second-order valence-electron chi connectivity index (χ2n) is 6.80. The topological polar surface area (TPSA) is 45.5 Å². The SMILES string of the molecule is CN=C(NCCn1c(C)nc2ccccc21)N1CCSC(C)(C)C1.I. The Morgan fingerprint density at radius 3 is 2.84 bits per heavy atom. The molecule has 0 aliphatic carbocycles. The monoisotopic (exact) mass is 473 g/mol. The molecule has 1 aromatic carbocycles. The van der Waals surface area contributed by atoms with Crippen LogP contribution in [0.15, 0.2) is 29.3 Å². The average molecular weight is 473 g/mol. The maximum absolute atomic E-state index is 4.63. The van der Waals surface area contributed by atoms with Gasteiger partial charge in [0.25, 0.3) is 0 Å². The van der Waals surface area contributed by atoms with E-state index >= 15 is 0 Å². The van der Waals surface area contributed by atoms with Crippen LogP contribution in [0.4, 0.5) is 0 Å². The van der Waals surface area contributed by atoms with E-state index in [1.807, 2.05) is 24.9 Å². The molecule has 5 nitrogen and oxygen atoms in total. The van der Waals surface area contributed by atoms with E-state index in [9.17, 15) is 0 Å². The van der Waals surface area contributed by atoms with E-state index < -0.39 is 0 Å². The van der Waals surface area contributed by atoms with Gasteiger partial charge in [0, 0.05) is 43.7 Å². The third kappa shape index (κ3) is 4.81. The Labute approximate surface area is 171 Å². The van der Waals surface area contributed by atoms with E-state index in [4.69, 9.17) is 0 Å². The number of para-hydroxylation sites is 2. The number of nitrogens with zero attached hydrogens (tertiary/aromatic N) is 4. The minimum atomic E-state index is 0. The predicted molar refractivity (Wildman–Crippen MR) is 119 cm³/mol. The number of aliphatic imine (C=N–C) groups is 1. The second-order valence-corrected chi connectivity index (χ2v) is 8.61. The second kappa shape index (κ2) is 8.62. The highest BCUT2D eigenvalue weighted by atomic mass is 127. The zero-order valence-electron chi connectivity index (χ0n) is 15.5. The fraction of sp³-hybridized carbons (Fsp3) is 0.556. The number of benzene rings is 1. The average Bonchev–Trinajstić information content (AvgIpc) is 2.86. The lowest BCUT2D eigenvalue weighted by Gasteiger charge is -2.39. The minimum Gasteiger partial charge on any atom is -0.354 e. The molecule has 1 N–H and O–H groups in total. The Kier molecular flexibility index (Phi) is 7.01. The number of guanidine groups is 1. The first-order chi connectivity index (χ1) is 11.5. The van der Waals surface area contributed by atoms with Crippen LogP contribution in [0.3, 0.4) is 0 Å². The van der Waals surface area contributed by atoms with Crippen molar-refractivity contribution in [3.05, 3.63) is 30.1 Å². The van der Waals surface area contributed by atoms with Crippen LogP contribution in [0.2, 0.25) is 0 Å². The molecule has 0 amide bonds. The highest BCUT2D eigenvalue weighted by Gasteiger charge is 2.28. The Hall–Kier alpha value is -0.960. The number of fused-ring (bicyclic) bond motifs is 1. The lowest BCUT2D eigenvalue weighted by atomic mass is 10.2. The van der Waals surface area contributed by atoms with Crippen molar-refractivity contribution in [3.8, 4) is 0 Å². The summed E-state index contributed by atoms with van der Waals surface area (Å²) in [5, 5.41) is 3.53. The van der Waals surface area contributed by atoms with E-state index in [2.05, 4.69) is 63.7 Å². The molecule has 7 heteroatoms. The Bertz CT molecular complexity index is 740. The van der Waals surface area contributed by atoms with Gasteiger partial charge in [-0.1, -0.05) is 12.1 Å². The zero-order chi connectivity index (χ0) is 17.2. The fourth-order valence-corrected chi connectivity index (χ4v) is 4.40. The number of hydrogen-bond acceptors (Lipinski definition) is 3. The van der Waals surface area contributed by atoms with E-state index in [0.717, 1.165) is 49.2 Å². The van der Waals surface area contributed by atoms with Crippen molar-refractivity contribution in [1.82, 2.24) is 19.8 Å². The third-order valence-electron chi connectivity index (χ3n) is 4.40. The molecule has 1 aliphatic rings. The maximum Gasteiger partial charge on any atom is 0.193 e. The van der Waals surface area contributed by atoms with Gasteiger partial charge in [-0.3, -0.25) is 4.99 Å². The first-order valence-corrected chi connectivity index (χ1v) is 9.50. The summed E-state index contributed by atoms with van der Waals surface area (Å²) in [5.74, 6) is 3.22. The van der Waals surface area contributed by atoms with Crippen LogP contribution in [0.5, 0.6) is 0 Å². The number of halogens is 1. The molecule has 0 saturated carbocycles. The summed E-state index contributed by atoms with van der Waals surface area (Å²) in [4.78, 5) is 11.5. The maximum atomic E-state index is 4.63. The molecule has 138 valence electrons. The molecule has 3 rings (SSSR count). The molecule has 1 fully saturated rings. The van der Waals surface area contributed by atoms with Crippen molar-refractivity contribution in [2.45, 2.75) is 32.1 Å². The van der Waals surface area contributed by atoms with Crippen LogP contribution in [-0.2, 0) is 6.54 Å². The van der Waals surface area contributed by atoms with Gasteiger partial charge in [-0.2, -0.15) is 11.8 Å². The first-order valence-electron chi connectivity index (χ1n) is 8.51. The summed E-state index contributed by atoms with van der Waals surface area (Å²) in [5.41, 5.74) is 2.26. The number of imidazole rings is 1. The van der Waals surface area contributed by atoms with Crippen molar-refractivity contribution in [2.75, 3.05) is 32.4 Å². The summed E-state index contributed by atoms with van der Waals surface area (Å²) in [7, 11) is 1.87. The zero-order valence-corrected chi connectivity index (χ0v) is 18.6. The number of thioether (sulfide) groups is 1. The fourth-order valence-electron chi connectivity index (χ4n) is 3.29. The molecule has 0 bridgehead atoms. The van der Waals surface area contributed by atoms with Crippen LogP contribution in [0.1, 0.15) is 19.7 Å². The predicted octanol–water partition coefficient (Wildman–Crippen LogP) is 3.37. The summed E-state index contributed by atoms with van der Waals surface area (Å²) >= 11 is 2.04. The van der Waals surface area contributed by atoms with Crippen molar-refractivity contribution in [1.29, 1.82) is 0 Å². The van der Waals surface area contributed by atoms with Crippen LogP contribution >= 0.6 is 35.7 Å². The summed E-state index contributed by atoms with van der Waals surface area (Å²) in [6.45, 7) is 10.5. The first kappa shape index (κ1) is 20.4. The van der Waals surface area contributed by atoms with E-state index in [1.54, 1.807) is 0 Å². The smallest absolute Gasteiger partial charge is 0.193 e. The molecule has 0 radical (unpaired) electrons. The molecule has 1 saturated heterocycles. The normalized spacial score (nSPS) is 17.4. The summed E-state index contributed by atoms with van der Waals surface area (Å²) < 4.78 is 2.55. The Balaban J connectivity index is 0.00000225. The lowest BCUT2D eigenvalue weighted by molar-refractivity contribution is 0.375. The van der Waals surface area contributed by atoms with Crippen LogP contribution in [-0.4, -0.2) is 57.6 Å². The Morgan fingerprint density at radius 2 is 2.12 bits per heavy atom. The van der Waals surface area contributed by atoms with E-state index in [-0.39, 0.29) is 28.7 Å². The standard InChI is InChI=1S/C18H27N5S.HI/c1-14-21-15-7-5-6-8-16(15)23(14)10-9-20-17(19-4)22-11-12-24-18(2,3)13-22;/h5-8H,9-13H2,1-4H3,(H,19,20);1H. The van der Waals surface area contributed by atoms with Gasteiger partial charge < -0.3 is 14.8 Å². The molecule has 2 aromatic rings. The molecule has 0 spiro atoms. The van der Waals surface area contributed by atoms with Crippen LogP contribution in [0, 0.1) is 6.92 Å². The molecule has 25 heavy (non-hydrogen) atoms. The van der Waals surface area contributed by atoms with E-state index in [1.165, 1.54) is 5.52 Å².